The summed E-state index contributed by atoms with van der Waals surface area (Å²) in [4.78, 5) is 0. The second-order valence-electron chi connectivity index (χ2n) is 4.94. The molecule has 0 aliphatic carbocycles. The predicted molar refractivity (Wildman–Crippen MR) is 84.4 cm³/mol. The van der Waals surface area contributed by atoms with E-state index < -0.39 is 12.4 Å². The van der Waals surface area contributed by atoms with Gasteiger partial charge in [0.2, 0.25) is 0 Å². The van der Waals surface area contributed by atoms with Crippen LogP contribution in [0.5, 0.6) is 0 Å². The Morgan fingerprint density at radius 3 is 1.84 bits per heavy atom. The molecule has 0 radical (unpaired) electrons. The first-order valence-corrected chi connectivity index (χ1v) is 7.45. The van der Waals surface area contributed by atoms with Gasteiger partial charge < -0.3 is 22.8 Å². The Hall–Kier alpha value is 1.44. The van der Waals surface area contributed by atoms with E-state index in [2.05, 4.69) is 37.9 Å². The van der Waals surface area contributed by atoms with Crippen LogP contribution in [0.15, 0.2) is 0 Å². The molecule has 9 atom stereocenters. The lowest BCUT2D eigenvalue weighted by Crippen LogP contribution is -2.63. The minimum absolute atomic E-state index is 0.245. The third kappa shape index (κ3) is 4.98. The number of hydrogen-bond acceptors (Lipinski definition) is 6. The Morgan fingerprint density at radius 1 is 0.947 bits per heavy atom. The average Bonchev–Trinajstić information content (AvgIpc) is 2.35. The van der Waals surface area contributed by atoms with Crippen LogP contribution in [0.2, 0.25) is 0 Å². The van der Waals surface area contributed by atoms with E-state index in [1.807, 2.05) is 14.1 Å². The van der Waals surface area contributed by atoms with Crippen LogP contribution in [-0.4, -0.2) is 55.9 Å². The smallest absolute Gasteiger partial charge is 0.190 e. The molecule has 114 valence electrons. The van der Waals surface area contributed by atoms with Crippen molar-refractivity contribution in [3.63, 3.8) is 0 Å². The van der Waals surface area contributed by atoms with Crippen molar-refractivity contribution in [2.75, 3.05) is 20.6 Å². The van der Waals surface area contributed by atoms with Crippen molar-refractivity contribution in [1.29, 1.82) is 0 Å². The molecule has 1 rings (SSSR count). The first-order chi connectivity index (χ1) is 8.87. The molecule has 2 N–H and O–H groups in total. The van der Waals surface area contributed by atoms with E-state index in [1.165, 1.54) is 0 Å². The van der Waals surface area contributed by atoms with E-state index in [1.54, 1.807) is 0 Å². The topological polar surface area (TPSA) is 72.2 Å². The van der Waals surface area contributed by atoms with Gasteiger partial charge in [-0.25, -0.2) is 0 Å². The lowest BCUT2D eigenvalue weighted by molar-refractivity contribution is -0.906. The molecular weight excluding hydrogens is 328 g/mol. The monoisotopic (exact) mass is 351 g/mol. The van der Waals surface area contributed by atoms with Gasteiger partial charge in [-0.15, -0.1) is 0 Å². The Morgan fingerprint density at radius 2 is 1.47 bits per heavy atom. The van der Waals surface area contributed by atoms with Crippen LogP contribution >= 0.6 is 37.9 Å². The Balaban J connectivity index is 2.92. The largest absolute Gasteiger partial charge is 0.357 e. The summed E-state index contributed by atoms with van der Waals surface area (Å²) in [6.45, 7) is 0.539. The van der Waals surface area contributed by atoms with Gasteiger partial charge in [0.05, 0.1) is 14.1 Å². The number of nitrogens with two attached hydrogens (primary N) is 1. The van der Waals surface area contributed by atoms with Crippen molar-refractivity contribution < 1.29 is 27.4 Å². The van der Waals surface area contributed by atoms with Gasteiger partial charge >= 0.3 is 0 Å². The third-order valence-electron chi connectivity index (χ3n) is 2.85. The van der Waals surface area contributed by atoms with Gasteiger partial charge in [-0.05, 0) is 0 Å². The summed E-state index contributed by atoms with van der Waals surface area (Å²) in [6.07, 6.45) is -2.01. The van der Waals surface area contributed by atoms with E-state index in [9.17, 15) is 0 Å². The normalized spacial score (nSPS) is 36.5. The van der Waals surface area contributed by atoms with Crippen molar-refractivity contribution in [1.82, 2.24) is 0 Å². The summed E-state index contributed by atoms with van der Waals surface area (Å²) >= 11 is 0. The molecule has 1 aliphatic heterocycles. The number of likely N-dealkylation sites (N-methyl/N-ethyl adjacent to an activating group) is 1. The maximum Gasteiger partial charge on any atom is 0.190 e. The highest BCUT2D eigenvalue weighted by Crippen LogP contribution is 2.33. The molecule has 11 heteroatoms. The van der Waals surface area contributed by atoms with Crippen LogP contribution in [0, 0.1) is 0 Å². The van der Waals surface area contributed by atoms with Crippen LogP contribution in [0.4, 0.5) is 0 Å². The minimum atomic E-state index is -0.582. The molecule has 0 amide bonds. The molecule has 19 heavy (non-hydrogen) atoms. The molecule has 7 nitrogen and oxygen atoms in total. The number of nitrogens with zero attached hydrogens (tertiary/aromatic N) is 1. The second kappa shape index (κ2) is 8.17. The SMILES string of the molecule is C[N+](C)(N)CC1OC(OP)C(OP)C(OP)C1OP. The second-order valence-corrected chi connectivity index (χ2v) is 6.03. The van der Waals surface area contributed by atoms with Gasteiger partial charge in [-0.3, -0.25) is 4.59 Å². The maximum atomic E-state index is 5.99. The first kappa shape index (κ1) is 18.5. The van der Waals surface area contributed by atoms with Gasteiger partial charge in [0.25, 0.3) is 0 Å². The van der Waals surface area contributed by atoms with Crippen LogP contribution in [0.1, 0.15) is 0 Å². The molecule has 1 heterocycles. The molecule has 1 aliphatic rings. The number of ether oxygens (including phenoxy) is 1. The van der Waals surface area contributed by atoms with Crippen LogP contribution in [-0.2, 0) is 22.8 Å². The van der Waals surface area contributed by atoms with Crippen molar-refractivity contribution in [3.8, 4) is 0 Å². The number of quaternary nitrogens is 1. The van der Waals surface area contributed by atoms with E-state index in [0.717, 1.165) is 0 Å². The first-order valence-electron chi connectivity index (χ1n) is 5.57. The number of hydrogen-bond donors (Lipinski definition) is 1. The molecule has 1 saturated heterocycles. The summed E-state index contributed by atoms with van der Waals surface area (Å²) in [5.74, 6) is 5.99. The highest BCUT2D eigenvalue weighted by atomic mass is 31.0. The fourth-order valence-corrected chi connectivity index (χ4v) is 3.20. The zero-order valence-corrected chi connectivity index (χ0v) is 15.6. The van der Waals surface area contributed by atoms with Crippen LogP contribution in [0.25, 0.3) is 0 Å². The quantitative estimate of drug-likeness (QED) is 0.314. The van der Waals surface area contributed by atoms with Gasteiger partial charge in [-0.1, -0.05) is 0 Å². The highest BCUT2D eigenvalue weighted by molar-refractivity contribution is 7.10. The van der Waals surface area contributed by atoms with Gasteiger partial charge in [0.15, 0.2) is 6.29 Å². The van der Waals surface area contributed by atoms with E-state index in [4.69, 9.17) is 28.7 Å². The van der Waals surface area contributed by atoms with Gasteiger partial charge in [0, 0.05) is 37.9 Å². The standard InChI is InChI=1S/C8H23N2O5P4/c1-10(2,9)3-4-5(12-16)6(13-17)7(14-18)8(11-4)15-19/h4-8H,3,9,16-19H2,1-2H3/q+1. The molecule has 0 bridgehead atoms. The lowest BCUT2D eigenvalue weighted by atomic mass is 9.98. The van der Waals surface area contributed by atoms with Crippen molar-refractivity contribution in [3.05, 3.63) is 0 Å². The summed E-state index contributed by atoms with van der Waals surface area (Å²) in [5.41, 5.74) is 0. The van der Waals surface area contributed by atoms with Crippen LogP contribution < -0.4 is 5.84 Å². The van der Waals surface area contributed by atoms with Gasteiger partial charge in [-0.2, -0.15) is 5.84 Å². The van der Waals surface area contributed by atoms with E-state index in [0.29, 0.717) is 6.54 Å². The fourth-order valence-electron chi connectivity index (χ4n) is 2.06. The molecule has 1 fully saturated rings. The third-order valence-corrected chi connectivity index (χ3v) is 4.06. The fraction of sp³-hybridized carbons (Fsp3) is 1.00. The summed E-state index contributed by atoms with van der Waals surface area (Å²) in [7, 11) is 12.6. The molecular formula is C8H23N2O5P4+. The molecule has 0 aromatic carbocycles. The predicted octanol–water partition coefficient (Wildman–Crippen LogP) is -0.00600. The van der Waals surface area contributed by atoms with Crippen molar-refractivity contribution in [2.45, 2.75) is 30.7 Å². The molecule has 0 aromatic heterocycles. The van der Waals surface area contributed by atoms with Crippen molar-refractivity contribution >= 4 is 37.9 Å². The Labute approximate surface area is 123 Å². The average molecular weight is 351 g/mol. The highest BCUT2D eigenvalue weighted by Gasteiger charge is 2.49. The van der Waals surface area contributed by atoms with Gasteiger partial charge in [0.1, 0.15) is 31.0 Å². The molecule has 0 aromatic rings. The Kier molecular flexibility index (Phi) is 7.95. The maximum absolute atomic E-state index is 5.99. The summed E-state index contributed by atoms with van der Waals surface area (Å²) in [6, 6.07) is 0. The number of rotatable bonds is 6. The minimum Gasteiger partial charge on any atom is -0.357 e. The summed E-state index contributed by atoms with van der Waals surface area (Å²) in [5, 5.41) is 0. The zero-order chi connectivity index (χ0) is 14.6. The van der Waals surface area contributed by atoms with E-state index >= 15 is 0 Å². The zero-order valence-electron chi connectivity index (χ0n) is 11.0. The van der Waals surface area contributed by atoms with Crippen molar-refractivity contribution in [2.24, 2.45) is 5.84 Å². The molecule has 0 saturated carbocycles. The van der Waals surface area contributed by atoms with Crippen LogP contribution in [0.3, 0.4) is 0 Å². The summed E-state index contributed by atoms with van der Waals surface area (Å²) < 4.78 is 27.4. The Bertz CT molecular complexity index is 282. The molecule has 0 spiro atoms. The lowest BCUT2D eigenvalue weighted by Gasteiger charge is -2.44. The van der Waals surface area contributed by atoms with E-state index in [-0.39, 0.29) is 22.9 Å². The molecule has 9 unspecified atom stereocenters.